The molecule has 18 heavy (non-hydrogen) atoms. The maximum Gasteiger partial charge on any atom is 0.223 e. The van der Waals surface area contributed by atoms with Crippen LogP contribution in [0.25, 0.3) is 0 Å². The number of hydrogen-bond acceptors (Lipinski definition) is 1. The molecule has 0 aromatic heterocycles. The summed E-state index contributed by atoms with van der Waals surface area (Å²) in [5.41, 5.74) is 0.531. The number of amides is 1. The van der Waals surface area contributed by atoms with E-state index in [4.69, 9.17) is 0 Å². The van der Waals surface area contributed by atoms with Crippen LogP contribution in [0, 0.1) is 17.3 Å². The van der Waals surface area contributed by atoms with Crippen LogP contribution in [0.15, 0.2) is 0 Å². The number of hydrogen-bond donors (Lipinski definition) is 1. The van der Waals surface area contributed by atoms with E-state index in [1.807, 2.05) is 0 Å². The van der Waals surface area contributed by atoms with Crippen LogP contribution >= 0.6 is 0 Å². The summed E-state index contributed by atoms with van der Waals surface area (Å²) in [6.07, 6.45) is 13.2. The van der Waals surface area contributed by atoms with Gasteiger partial charge in [0, 0.05) is 12.0 Å². The van der Waals surface area contributed by atoms with Crippen LogP contribution in [-0.2, 0) is 4.79 Å². The van der Waals surface area contributed by atoms with Crippen LogP contribution in [0.4, 0.5) is 0 Å². The Balaban J connectivity index is 1.67. The minimum absolute atomic E-state index is 0.349. The first-order valence-corrected chi connectivity index (χ1v) is 8.01. The predicted octanol–water partition coefficient (Wildman–Crippen LogP) is 3.65. The van der Waals surface area contributed by atoms with Crippen LogP contribution in [0.2, 0.25) is 0 Å². The van der Waals surface area contributed by atoms with Gasteiger partial charge in [0.05, 0.1) is 0 Å². The highest BCUT2D eigenvalue weighted by atomic mass is 16.2. The molecule has 0 aromatic carbocycles. The molecule has 0 aromatic rings. The second-order valence-corrected chi connectivity index (χ2v) is 7.16. The normalized spacial score (nSPS) is 41.8. The van der Waals surface area contributed by atoms with Gasteiger partial charge < -0.3 is 5.32 Å². The van der Waals surface area contributed by atoms with Gasteiger partial charge in [-0.05, 0) is 49.9 Å². The van der Waals surface area contributed by atoms with E-state index < -0.39 is 0 Å². The smallest absolute Gasteiger partial charge is 0.223 e. The van der Waals surface area contributed by atoms with Crippen LogP contribution < -0.4 is 5.32 Å². The molecule has 4 atom stereocenters. The Labute approximate surface area is 111 Å². The van der Waals surface area contributed by atoms with Crippen molar-refractivity contribution in [1.82, 2.24) is 5.32 Å². The Morgan fingerprint density at radius 2 is 2.06 bits per heavy atom. The minimum atomic E-state index is 0.349. The third kappa shape index (κ3) is 2.31. The van der Waals surface area contributed by atoms with Crippen molar-refractivity contribution < 1.29 is 4.79 Å². The van der Waals surface area contributed by atoms with E-state index in [1.165, 1.54) is 64.2 Å². The molecular formula is C16H27NO. The predicted molar refractivity (Wildman–Crippen MR) is 73.2 cm³/mol. The minimum Gasteiger partial charge on any atom is -0.353 e. The summed E-state index contributed by atoms with van der Waals surface area (Å²) in [6.45, 7) is 2.28. The van der Waals surface area contributed by atoms with Gasteiger partial charge in [-0.1, -0.05) is 32.6 Å². The highest BCUT2D eigenvalue weighted by molar-refractivity contribution is 5.80. The van der Waals surface area contributed by atoms with E-state index in [-0.39, 0.29) is 0 Å². The van der Waals surface area contributed by atoms with Crippen LogP contribution in [0.3, 0.4) is 0 Å². The van der Waals surface area contributed by atoms with Crippen molar-refractivity contribution in [1.29, 1.82) is 0 Å². The quantitative estimate of drug-likeness (QED) is 0.740. The molecular weight excluding hydrogens is 222 g/mol. The zero-order chi connectivity index (χ0) is 12.6. The molecule has 0 radical (unpaired) electrons. The second-order valence-electron chi connectivity index (χ2n) is 7.16. The summed E-state index contributed by atoms with van der Waals surface area (Å²) in [7, 11) is 0. The Kier molecular flexibility index (Phi) is 3.38. The second kappa shape index (κ2) is 4.86. The number of fused-ring (bicyclic) bond motifs is 1. The Bertz CT molecular complexity index is 327. The number of carbonyl (C=O) groups is 1. The third-order valence-electron chi connectivity index (χ3n) is 5.59. The summed E-state index contributed by atoms with van der Waals surface area (Å²) in [4.78, 5) is 12.1. The molecule has 2 saturated heterocycles. The molecule has 2 saturated carbocycles. The van der Waals surface area contributed by atoms with Crippen LogP contribution in [0.5, 0.6) is 0 Å². The third-order valence-corrected chi connectivity index (χ3v) is 5.59. The first-order chi connectivity index (χ1) is 8.71. The zero-order valence-corrected chi connectivity index (χ0v) is 11.7. The first kappa shape index (κ1) is 12.5. The Morgan fingerprint density at radius 3 is 2.89 bits per heavy atom. The molecule has 4 fully saturated rings. The summed E-state index contributed by atoms with van der Waals surface area (Å²) < 4.78 is 0. The molecule has 2 aliphatic carbocycles. The van der Waals surface area contributed by atoms with Gasteiger partial charge >= 0.3 is 0 Å². The van der Waals surface area contributed by atoms with Crippen molar-refractivity contribution in [2.75, 3.05) is 0 Å². The van der Waals surface area contributed by atoms with E-state index in [1.54, 1.807) is 0 Å². The topological polar surface area (TPSA) is 29.1 Å². The van der Waals surface area contributed by atoms with Gasteiger partial charge in [-0.25, -0.2) is 0 Å². The summed E-state index contributed by atoms with van der Waals surface area (Å²) in [6, 6.07) is 0.509. The van der Waals surface area contributed by atoms with Gasteiger partial charge in [-0.2, -0.15) is 0 Å². The molecule has 102 valence electrons. The average Bonchev–Trinajstić information content (AvgIpc) is 2.48. The maximum atomic E-state index is 12.1. The number of rotatable bonds is 5. The van der Waals surface area contributed by atoms with E-state index >= 15 is 0 Å². The Morgan fingerprint density at radius 1 is 1.17 bits per heavy atom. The molecule has 2 nitrogen and oxygen atoms in total. The fourth-order valence-electron chi connectivity index (χ4n) is 5.00. The Hall–Kier alpha value is -0.530. The SMILES string of the molecule is CCCCCCC12CC3CC(C1)NC(=O)C(C3)C2. The lowest BCUT2D eigenvalue weighted by atomic mass is 9.57. The summed E-state index contributed by atoms with van der Waals surface area (Å²) >= 11 is 0. The van der Waals surface area contributed by atoms with Crippen LogP contribution in [-0.4, -0.2) is 11.9 Å². The molecule has 4 rings (SSSR count). The van der Waals surface area contributed by atoms with Crippen molar-refractivity contribution in [3.05, 3.63) is 0 Å². The lowest BCUT2D eigenvalue weighted by Gasteiger charge is -2.47. The number of unbranched alkanes of at least 4 members (excludes halogenated alkanes) is 3. The monoisotopic (exact) mass is 249 g/mol. The molecule has 2 aliphatic heterocycles. The first-order valence-electron chi connectivity index (χ1n) is 8.01. The number of nitrogens with one attached hydrogen (secondary N) is 1. The van der Waals surface area contributed by atoms with Crippen molar-refractivity contribution in [3.63, 3.8) is 0 Å². The zero-order valence-electron chi connectivity index (χ0n) is 11.7. The van der Waals surface area contributed by atoms with Crippen molar-refractivity contribution in [3.8, 4) is 0 Å². The molecule has 0 spiro atoms. The maximum absolute atomic E-state index is 12.1. The molecule has 2 heterocycles. The van der Waals surface area contributed by atoms with E-state index in [0.29, 0.717) is 23.3 Å². The lowest BCUT2D eigenvalue weighted by Crippen LogP contribution is -2.41. The van der Waals surface area contributed by atoms with Gasteiger partial charge in [-0.15, -0.1) is 0 Å². The van der Waals surface area contributed by atoms with Gasteiger partial charge in [0.15, 0.2) is 0 Å². The summed E-state index contributed by atoms with van der Waals surface area (Å²) in [5, 5.41) is 3.29. The van der Waals surface area contributed by atoms with E-state index in [2.05, 4.69) is 12.2 Å². The molecule has 1 amide bonds. The van der Waals surface area contributed by atoms with Gasteiger partial charge in [-0.3, -0.25) is 4.79 Å². The van der Waals surface area contributed by atoms with Gasteiger partial charge in [0.25, 0.3) is 0 Å². The van der Waals surface area contributed by atoms with Crippen molar-refractivity contribution in [2.24, 2.45) is 17.3 Å². The van der Waals surface area contributed by atoms with Crippen molar-refractivity contribution >= 4 is 5.91 Å². The molecule has 4 bridgehead atoms. The lowest BCUT2D eigenvalue weighted by molar-refractivity contribution is -0.126. The van der Waals surface area contributed by atoms with E-state index in [9.17, 15) is 4.79 Å². The largest absolute Gasteiger partial charge is 0.353 e. The van der Waals surface area contributed by atoms with Crippen LogP contribution in [0.1, 0.15) is 71.1 Å². The molecule has 2 heteroatoms. The number of carbonyl (C=O) groups excluding carboxylic acids is 1. The highest BCUT2D eigenvalue weighted by Gasteiger charge is 2.50. The molecule has 4 aliphatic rings. The van der Waals surface area contributed by atoms with Gasteiger partial charge in [0.1, 0.15) is 0 Å². The van der Waals surface area contributed by atoms with Gasteiger partial charge in [0.2, 0.25) is 5.91 Å². The fourth-order valence-corrected chi connectivity index (χ4v) is 5.00. The molecule has 1 N–H and O–H groups in total. The summed E-state index contributed by atoms with van der Waals surface area (Å²) in [5.74, 6) is 1.56. The standard InChI is InChI=1S/C16H27NO/c1-2-3-4-5-6-16-9-12-7-13(10-16)15(18)17-14(8-12)11-16/h12-14H,2-11H2,1H3,(H,17,18). The molecule has 4 unspecified atom stereocenters. The fraction of sp³-hybridized carbons (Fsp3) is 0.938. The van der Waals surface area contributed by atoms with Crippen molar-refractivity contribution in [2.45, 2.75) is 77.2 Å². The highest BCUT2D eigenvalue weighted by Crippen LogP contribution is 2.55. The average molecular weight is 249 g/mol. The van der Waals surface area contributed by atoms with E-state index in [0.717, 1.165) is 5.92 Å².